The molecule has 8 heteroatoms. The van der Waals surface area contributed by atoms with Gasteiger partial charge in [-0.05, 0) is 82.2 Å². The fourth-order valence-corrected chi connectivity index (χ4v) is 4.80. The summed E-state index contributed by atoms with van der Waals surface area (Å²) < 4.78 is 12.3. The van der Waals surface area contributed by atoms with Crippen molar-refractivity contribution in [3.63, 3.8) is 0 Å². The molecule has 4 rings (SSSR count). The summed E-state index contributed by atoms with van der Waals surface area (Å²) in [6.07, 6.45) is 1.84. The van der Waals surface area contributed by atoms with Crippen molar-refractivity contribution in [1.29, 1.82) is 0 Å². The molecule has 0 aromatic heterocycles. The van der Waals surface area contributed by atoms with Gasteiger partial charge in [-0.2, -0.15) is 0 Å². The molecule has 3 aromatic carbocycles. The average Bonchev–Trinajstić information content (AvgIpc) is 3.14. The SMILES string of the molecule is CCN1C(=O)/C(=C/c2ccc(OCc3ccccc3)c(OC)c2)SC1=Nc1ccc(Br)c(Cl)c1. The molecular weight excluding hydrogens is 536 g/mol. The number of amidine groups is 1. The van der Waals surface area contributed by atoms with Gasteiger partial charge in [-0.15, -0.1) is 0 Å². The Hall–Kier alpha value is -2.74. The minimum atomic E-state index is -0.0853. The van der Waals surface area contributed by atoms with E-state index in [2.05, 4.69) is 20.9 Å². The van der Waals surface area contributed by atoms with Crippen LogP contribution in [0.25, 0.3) is 6.08 Å². The number of hydrogen-bond acceptors (Lipinski definition) is 5. The molecule has 1 heterocycles. The Balaban J connectivity index is 1.56. The zero-order valence-electron chi connectivity index (χ0n) is 18.6. The van der Waals surface area contributed by atoms with Crippen molar-refractivity contribution in [3.8, 4) is 11.5 Å². The number of ether oxygens (including phenoxy) is 2. The number of aliphatic imine (C=N–C) groups is 1. The smallest absolute Gasteiger partial charge is 0.266 e. The number of carbonyl (C=O) groups is 1. The van der Waals surface area contributed by atoms with Crippen LogP contribution in [0.5, 0.6) is 11.5 Å². The van der Waals surface area contributed by atoms with Crippen LogP contribution >= 0.6 is 39.3 Å². The quantitative estimate of drug-likeness (QED) is 0.286. The molecule has 1 saturated heterocycles. The molecule has 0 aliphatic carbocycles. The summed E-state index contributed by atoms with van der Waals surface area (Å²) in [7, 11) is 1.60. The van der Waals surface area contributed by atoms with Crippen LogP contribution in [-0.4, -0.2) is 29.6 Å². The van der Waals surface area contributed by atoms with Crippen molar-refractivity contribution in [2.24, 2.45) is 4.99 Å². The Kier molecular flexibility index (Phi) is 7.98. The molecule has 0 N–H and O–H groups in total. The van der Waals surface area contributed by atoms with Crippen molar-refractivity contribution in [1.82, 2.24) is 4.90 Å². The number of benzene rings is 3. The molecule has 174 valence electrons. The molecule has 5 nitrogen and oxygen atoms in total. The molecule has 1 aliphatic rings. The number of methoxy groups -OCH3 is 1. The van der Waals surface area contributed by atoms with Gasteiger partial charge in [-0.1, -0.05) is 48.0 Å². The average molecular weight is 558 g/mol. The van der Waals surface area contributed by atoms with Crippen molar-refractivity contribution in [2.75, 3.05) is 13.7 Å². The Bertz CT molecular complexity index is 1260. The van der Waals surface area contributed by atoms with E-state index in [0.717, 1.165) is 15.6 Å². The third kappa shape index (κ3) is 5.66. The Morgan fingerprint density at radius 1 is 1.09 bits per heavy atom. The van der Waals surface area contributed by atoms with Gasteiger partial charge in [-0.25, -0.2) is 4.99 Å². The Morgan fingerprint density at radius 3 is 2.59 bits per heavy atom. The molecule has 0 atom stereocenters. The van der Waals surface area contributed by atoms with Gasteiger partial charge in [0.1, 0.15) is 6.61 Å². The van der Waals surface area contributed by atoms with E-state index in [-0.39, 0.29) is 5.91 Å². The van der Waals surface area contributed by atoms with E-state index in [1.165, 1.54) is 11.8 Å². The summed E-state index contributed by atoms with van der Waals surface area (Å²) in [5.74, 6) is 1.16. The summed E-state index contributed by atoms with van der Waals surface area (Å²) in [5.41, 5.74) is 2.59. The van der Waals surface area contributed by atoms with E-state index in [1.807, 2.05) is 73.7 Å². The predicted molar refractivity (Wildman–Crippen MR) is 143 cm³/mol. The number of hydrogen-bond donors (Lipinski definition) is 0. The van der Waals surface area contributed by atoms with Gasteiger partial charge >= 0.3 is 0 Å². The molecule has 0 radical (unpaired) electrons. The third-order valence-electron chi connectivity index (χ3n) is 5.05. The number of carbonyl (C=O) groups excluding carboxylic acids is 1. The van der Waals surface area contributed by atoms with Crippen LogP contribution < -0.4 is 9.47 Å². The van der Waals surface area contributed by atoms with Crippen LogP contribution in [0.3, 0.4) is 0 Å². The van der Waals surface area contributed by atoms with Crippen LogP contribution in [0.2, 0.25) is 5.02 Å². The van der Waals surface area contributed by atoms with Crippen LogP contribution in [0.15, 0.2) is 81.1 Å². The standard InChI is InChI=1S/C26H22BrClN2O3S/c1-3-30-25(31)24(34-26(30)29-19-10-11-20(27)21(28)15-19)14-18-9-12-22(23(13-18)32-2)33-16-17-7-5-4-6-8-17/h4-15H,3,16H2,1-2H3/b24-14-,29-26?. The van der Waals surface area contributed by atoms with Gasteiger partial charge in [0.05, 0.1) is 22.7 Å². The van der Waals surface area contributed by atoms with Crippen molar-refractivity contribution < 1.29 is 14.3 Å². The van der Waals surface area contributed by atoms with Crippen molar-refractivity contribution in [3.05, 3.63) is 92.3 Å². The van der Waals surface area contributed by atoms with Gasteiger partial charge in [0.15, 0.2) is 16.7 Å². The second kappa shape index (κ2) is 11.1. The zero-order chi connectivity index (χ0) is 24.1. The maximum atomic E-state index is 13.0. The normalized spacial score (nSPS) is 15.9. The molecule has 0 unspecified atom stereocenters. The molecule has 1 amide bonds. The second-order valence-corrected chi connectivity index (χ2v) is 9.61. The minimum absolute atomic E-state index is 0.0853. The lowest BCUT2D eigenvalue weighted by atomic mass is 10.1. The highest BCUT2D eigenvalue weighted by Crippen LogP contribution is 2.36. The molecule has 0 spiro atoms. The summed E-state index contributed by atoms with van der Waals surface area (Å²) in [5, 5.41) is 1.18. The molecule has 3 aromatic rings. The van der Waals surface area contributed by atoms with E-state index in [9.17, 15) is 4.79 Å². The van der Waals surface area contributed by atoms with Gasteiger partial charge in [0.2, 0.25) is 0 Å². The molecule has 34 heavy (non-hydrogen) atoms. The van der Waals surface area contributed by atoms with E-state index in [4.69, 9.17) is 21.1 Å². The maximum absolute atomic E-state index is 13.0. The fourth-order valence-electron chi connectivity index (χ4n) is 3.32. The zero-order valence-corrected chi connectivity index (χ0v) is 21.8. The lowest BCUT2D eigenvalue weighted by Crippen LogP contribution is -2.28. The molecular formula is C26H22BrClN2O3S. The highest BCUT2D eigenvalue weighted by Gasteiger charge is 2.32. The molecule has 1 aliphatic heterocycles. The molecule has 0 saturated carbocycles. The number of amides is 1. The predicted octanol–water partition coefficient (Wildman–Crippen LogP) is 7.31. The first-order chi connectivity index (χ1) is 16.5. The fraction of sp³-hybridized carbons (Fsp3) is 0.154. The van der Waals surface area contributed by atoms with Gasteiger partial charge in [-0.3, -0.25) is 9.69 Å². The highest BCUT2D eigenvalue weighted by molar-refractivity contribution is 9.10. The summed E-state index contributed by atoms with van der Waals surface area (Å²) in [6.45, 7) is 2.88. The monoisotopic (exact) mass is 556 g/mol. The minimum Gasteiger partial charge on any atom is -0.493 e. The van der Waals surface area contributed by atoms with Gasteiger partial charge in [0.25, 0.3) is 5.91 Å². The second-order valence-electron chi connectivity index (χ2n) is 7.34. The topological polar surface area (TPSA) is 51.1 Å². The van der Waals surface area contributed by atoms with E-state index >= 15 is 0 Å². The van der Waals surface area contributed by atoms with Crippen molar-refractivity contribution >= 4 is 62.1 Å². The lowest BCUT2D eigenvalue weighted by molar-refractivity contribution is -0.122. The maximum Gasteiger partial charge on any atom is 0.266 e. The number of rotatable bonds is 7. The number of nitrogens with zero attached hydrogens (tertiary/aromatic N) is 2. The summed E-state index contributed by atoms with van der Waals surface area (Å²) in [4.78, 5) is 19.9. The Labute approximate surface area is 216 Å². The first-order valence-corrected chi connectivity index (χ1v) is 12.6. The molecule has 1 fully saturated rings. The number of likely N-dealkylation sites (N-methyl/N-ethyl adjacent to an activating group) is 1. The molecule has 0 bridgehead atoms. The van der Waals surface area contributed by atoms with Crippen LogP contribution in [0, 0.1) is 0 Å². The third-order valence-corrected chi connectivity index (χ3v) is 7.29. The summed E-state index contributed by atoms with van der Waals surface area (Å²) in [6, 6.07) is 21.0. The first-order valence-electron chi connectivity index (χ1n) is 10.6. The van der Waals surface area contributed by atoms with Gasteiger partial charge < -0.3 is 9.47 Å². The van der Waals surface area contributed by atoms with Crippen molar-refractivity contribution in [2.45, 2.75) is 13.5 Å². The van der Waals surface area contributed by atoms with Gasteiger partial charge in [0, 0.05) is 11.0 Å². The van der Waals surface area contributed by atoms with E-state index in [1.54, 1.807) is 18.1 Å². The Morgan fingerprint density at radius 2 is 1.88 bits per heavy atom. The lowest BCUT2D eigenvalue weighted by Gasteiger charge is -2.12. The van der Waals surface area contributed by atoms with E-state index < -0.39 is 0 Å². The first kappa shape index (κ1) is 24.4. The highest BCUT2D eigenvalue weighted by atomic mass is 79.9. The largest absolute Gasteiger partial charge is 0.493 e. The van der Waals surface area contributed by atoms with E-state index in [0.29, 0.717) is 45.4 Å². The van der Waals surface area contributed by atoms with Crippen LogP contribution in [-0.2, 0) is 11.4 Å². The summed E-state index contributed by atoms with van der Waals surface area (Å²) >= 11 is 10.9. The number of halogens is 2. The number of thioether (sulfide) groups is 1. The van der Waals surface area contributed by atoms with Crippen LogP contribution in [0.4, 0.5) is 5.69 Å². The van der Waals surface area contributed by atoms with Crippen LogP contribution in [0.1, 0.15) is 18.1 Å².